The molecule has 5 nitrogen and oxygen atoms in total. The monoisotopic (exact) mass is 430 g/mol. The Bertz CT molecular complexity index is 963. The molecule has 1 saturated carbocycles. The van der Waals surface area contributed by atoms with E-state index < -0.39 is 0 Å². The van der Waals surface area contributed by atoms with Crippen molar-refractivity contribution in [2.24, 2.45) is 5.92 Å². The molecule has 168 valence electrons. The van der Waals surface area contributed by atoms with Gasteiger partial charge >= 0.3 is 6.03 Å². The molecule has 1 aliphatic carbocycles. The molecule has 1 aliphatic heterocycles. The van der Waals surface area contributed by atoms with Crippen LogP contribution in [0.15, 0.2) is 54.6 Å². The van der Waals surface area contributed by atoms with Gasteiger partial charge in [-0.15, -0.1) is 0 Å². The predicted octanol–water partition coefficient (Wildman–Crippen LogP) is 5.23. The van der Waals surface area contributed by atoms with E-state index in [0.717, 1.165) is 38.0 Å². The van der Waals surface area contributed by atoms with Gasteiger partial charge < -0.3 is 4.90 Å². The van der Waals surface area contributed by atoms with Crippen molar-refractivity contribution in [2.75, 3.05) is 38.6 Å². The highest BCUT2D eigenvalue weighted by Gasteiger charge is 2.38. The lowest BCUT2D eigenvalue weighted by Crippen LogP contribution is -2.48. The van der Waals surface area contributed by atoms with Gasteiger partial charge in [-0.2, -0.15) is 5.26 Å². The molecule has 0 spiro atoms. The largest absolute Gasteiger partial charge is 0.324 e. The minimum absolute atomic E-state index is 0.0783. The molecule has 0 aromatic heterocycles. The number of nitriles is 1. The standard InChI is InChI=1S/C27H34N4O/c1-29(2)27(24-12-4-3-5-13-24)15-8-17-31(25-14-7-11-23(19-25)20-28)26(32)30(18-16-27)21-22-9-6-10-22/h3-5,7,11-14,19,22H,6,8-10,15-18,21H2,1-2H3/t27-/m0/s1. The van der Waals surface area contributed by atoms with Crippen molar-refractivity contribution in [3.8, 4) is 6.07 Å². The average Bonchev–Trinajstić information content (AvgIpc) is 2.85. The Kier molecular flexibility index (Phi) is 6.81. The number of benzene rings is 2. The Labute approximate surface area is 192 Å². The molecule has 2 amide bonds. The summed E-state index contributed by atoms with van der Waals surface area (Å²) in [5.74, 6) is 0.609. The van der Waals surface area contributed by atoms with Crippen LogP contribution < -0.4 is 4.90 Å². The summed E-state index contributed by atoms with van der Waals surface area (Å²) in [6.07, 6.45) is 6.48. The molecule has 2 fully saturated rings. The first kappa shape index (κ1) is 22.4. The smallest absolute Gasteiger partial charge is 0.324 e. The fourth-order valence-corrected chi connectivity index (χ4v) is 5.22. The van der Waals surface area contributed by atoms with Gasteiger partial charge in [0.15, 0.2) is 0 Å². The normalized spacial score (nSPS) is 22.6. The van der Waals surface area contributed by atoms with Crippen LogP contribution in [0.3, 0.4) is 0 Å². The van der Waals surface area contributed by atoms with Crippen molar-refractivity contribution >= 4 is 11.7 Å². The Morgan fingerprint density at radius 1 is 1.03 bits per heavy atom. The zero-order chi connectivity index (χ0) is 22.6. The van der Waals surface area contributed by atoms with Gasteiger partial charge in [-0.05, 0) is 75.9 Å². The first-order valence-electron chi connectivity index (χ1n) is 11.8. The van der Waals surface area contributed by atoms with Crippen LogP contribution in [0.25, 0.3) is 0 Å². The summed E-state index contributed by atoms with van der Waals surface area (Å²) < 4.78 is 0. The van der Waals surface area contributed by atoms with E-state index in [2.05, 4.69) is 60.3 Å². The second kappa shape index (κ2) is 9.75. The van der Waals surface area contributed by atoms with Gasteiger partial charge in [-0.3, -0.25) is 9.80 Å². The molecule has 0 radical (unpaired) electrons. The highest BCUT2D eigenvalue weighted by molar-refractivity contribution is 5.92. The molecular formula is C27H34N4O. The van der Waals surface area contributed by atoms with Gasteiger partial charge in [0.2, 0.25) is 0 Å². The van der Waals surface area contributed by atoms with E-state index in [4.69, 9.17) is 0 Å². The molecule has 1 saturated heterocycles. The summed E-state index contributed by atoms with van der Waals surface area (Å²) in [4.78, 5) is 20.1. The van der Waals surface area contributed by atoms with Gasteiger partial charge in [0, 0.05) is 30.9 Å². The summed E-state index contributed by atoms with van der Waals surface area (Å²) in [5, 5.41) is 9.37. The Morgan fingerprint density at radius 2 is 1.81 bits per heavy atom. The number of nitrogens with zero attached hydrogens (tertiary/aromatic N) is 4. The highest BCUT2D eigenvalue weighted by Crippen LogP contribution is 2.38. The van der Waals surface area contributed by atoms with E-state index in [9.17, 15) is 10.1 Å². The lowest BCUT2D eigenvalue weighted by atomic mass is 9.80. The van der Waals surface area contributed by atoms with E-state index in [0.29, 0.717) is 18.0 Å². The highest BCUT2D eigenvalue weighted by atomic mass is 16.2. The average molecular weight is 431 g/mol. The van der Waals surface area contributed by atoms with E-state index in [1.807, 2.05) is 23.1 Å². The lowest BCUT2D eigenvalue weighted by molar-refractivity contribution is 0.105. The fourth-order valence-electron chi connectivity index (χ4n) is 5.22. The van der Waals surface area contributed by atoms with E-state index in [1.54, 1.807) is 6.07 Å². The number of hydrogen-bond donors (Lipinski definition) is 0. The SMILES string of the molecule is CN(C)[C@@]1(c2ccccc2)CCCN(c2cccc(C#N)c2)C(=O)N(CC2CCC2)CC1. The van der Waals surface area contributed by atoms with Crippen LogP contribution in [0, 0.1) is 17.2 Å². The number of carbonyl (C=O) groups is 1. The second-order valence-electron chi connectivity index (χ2n) is 9.48. The zero-order valence-electron chi connectivity index (χ0n) is 19.3. The summed E-state index contributed by atoms with van der Waals surface area (Å²) in [6, 6.07) is 20.5. The number of carbonyl (C=O) groups excluding carboxylic acids is 1. The van der Waals surface area contributed by atoms with E-state index in [-0.39, 0.29) is 11.6 Å². The molecule has 32 heavy (non-hydrogen) atoms. The molecule has 2 aromatic rings. The van der Waals surface area contributed by atoms with Crippen molar-refractivity contribution in [3.05, 3.63) is 65.7 Å². The Balaban J connectivity index is 1.69. The molecule has 1 atom stereocenters. The molecule has 1 heterocycles. The van der Waals surface area contributed by atoms with Crippen LogP contribution in [0.5, 0.6) is 0 Å². The van der Waals surface area contributed by atoms with Gasteiger partial charge in [0.05, 0.1) is 11.6 Å². The molecule has 2 aliphatic rings. The van der Waals surface area contributed by atoms with Crippen molar-refractivity contribution < 1.29 is 4.79 Å². The van der Waals surface area contributed by atoms with E-state index in [1.165, 1.54) is 24.8 Å². The third-order valence-electron chi connectivity index (χ3n) is 7.43. The van der Waals surface area contributed by atoms with Gasteiger partial charge in [0.1, 0.15) is 0 Å². The Hall–Kier alpha value is -2.84. The van der Waals surface area contributed by atoms with Crippen LogP contribution in [-0.2, 0) is 5.54 Å². The topological polar surface area (TPSA) is 50.6 Å². The first-order chi connectivity index (χ1) is 15.5. The van der Waals surface area contributed by atoms with Gasteiger partial charge in [-0.1, -0.05) is 42.8 Å². The summed E-state index contributed by atoms with van der Waals surface area (Å²) in [5.41, 5.74) is 2.63. The molecular weight excluding hydrogens is 396 g/mol. The lowest BCUT2D eigenvalue weighted by Gasteiger charge is -2.42. The number of urea groups is 1. The predicted molar refractivity (Wildman–Crippen MR) is 128 cm³/mol. The van der Waals surface area contributed by atoms with E-state index >= 15 is 0 Å². The molecule has 0 unspecified atom stereocenters. The maximum atomic E-state index is 13.8. The summed E-state index contributed by atoms with van der Waals surface area (Å²) in [7, 11) is 4.33. The minimum Gasteiger partial charge on any atom is -0.324 e. The Morgan fingerprint density at radius 3 is 2.47 bits per heavy atom. The van der Waals surface area contributed by atoms with Crippen molar-refractivity contribution in [2.45, 2.75) is 44.1 Å². The van der Waals surface area contributed by atoms with Crippen LogP contribution in [0.4, 0.5) is 10.5 Å². The van der Waals surface area contributed by atoms with Crippen molar-refractivity contribution in [1.29, 1.82) is 5.26 Å². The van der Waals surface area contributed by atoms with Crippen LogP contribution in [-0.4, -0.2) is 49.6 Å². The number of rotatable bonds is 5. The number of anilines is 1. The van der Waals surface area contributed by atoms with Crippen LogP contribution in [0.1, 0.15) is 49.7 Å². The maximum absolute atomic E-state index is 13.8. The number of hydrogen-bond acceptors (Lipinski definition) is 3. The van der Waals surface area contributed by atoms with Gasteiger partial charge in [0.25, 0.3) is 0 Å². The molecule has 4 rings (SSSR count). The minimum atomic E-state index is -0.107. The molecule has 5 heteroatoms. The number of amides is 2. The summed E-state index contributed by atoms with van der Waals surface area (Å²) >= 11 is 0. The quantitative estimate of drug-likeness (QED) is 0.653. The zero-order valence-corrected chi connectivity index (χ0v) is 19.3. The fraction of sp³-hybridized carbons (Fsp3) is 0.481. The maximum Gasteiger partial charge on any atom is 0.324 e. The van der Waals surface area contributed by atoms with Gasteiger partial charge in [-0.25, -0.2) is 4.79 Å². The van der Waals surface area contributed by atoms with Crippen molar-refractivity contribution in [1.82, 2.24) is 9.80 Å². The van der Waals surface area contributed by atoms with Crippen molar-refractivity contribution in [3.63, 3.8) is 0 Å². The van der Waals surface area contributed by atoms with Crippen LogP contribution >= 0.6 is 0 Å². The molecule has 0 bridgehead atoms. The molecule has 0 N–H and O–H groups in total. The summed E-state index contributed by atoms with van der Waals surface area (Å²) in [6.45, 7) is 2.21. The molecule has 2 aromatic carbocycles. The third-order valence-corrected chi connectivity index (χ3v) is 7.43. The third kappa shape index (κ3) is 4.52. The second-order valence-corrected chi connectivity index (χ2v) is 9.48. The first-order valence-corrected chi connectivity index (χ1v) is 11.8. The van der Waals surface area contributed by atoms with Crippen LogP contribution in [0.2, 0.25) is 0 Å².